The van der Waals surface area contributed by atoms with E-state index in [1.54, 1.807) is 0 Å². The molecule has 0 spiro atoms. The number of nitrogens with zero attached hydrogens (tertiary/aromatic N) is 1. The van der Waals surface area contributed by atoms with E-state index in [0.29, 0.717) is 12.1 Å². The molecule has 0 aliphatic carbocycles. The smallest absolute Gasteiger partial charge is 0.280 e. The van der Waals surface area contributed by atoms with Crippen molar-refractivity contribution < 1.29 is 34.9 Å². The van der Waals surface area contributed by atoms with Gasteiger partial charge in [0, 0.05) is 10.6 Å². The van der Waals surface area contributed by atoms with E-state index in [9.17, 15) is 40.1 Å². The highest BCUT2D eigenvalue weighted by molar-refractivity contribution is 7.92. The molecule has 2 rings (SSSR count). The van der Waals surface area contributed by atoms with Gasteiger partial charge >= 0.3 is 12.1 Å². The lowest BCUT2D eigenvalue weighted by atomic mass is 10.1. The third-order valence-corrected chi connectivity index (χ3v) is 7.00. The van der Waals surface area contributed by atoms with Crippen molar-refractivity contribution in [2.45, 2.75) is 29.8 Å². The number of alkyl halides is 3. The van der Waals surface area contributed by atoms with Gasteiger partial charge < -0.3 is 0 Å². The van der Waals surface area contributed by atoms with E-state index in [0.717, 1.165) is 12.1 Å². The third kappa shape index (κ3) is 5.23. The van der Waals surface area contributed by atoms with Crippen LogP contribution in [0.5, 0.6) is 0 Å². The average molecular weight is 452 g/mol. The molecule has 8 nitrogen and oxygen atoms in total. The molecule has 0 saturated heterocycles. The van der Waals surface area contributed by atoms with Crippen molar-refractivity contribution in [2.75, 3.05) is 10.6 Å². The standard InChI is InChI=1S/C16H15F3N2O6S2/c1-10-7-13(8-11(2)15(10)28(24,25)9-21(22)23)20-29(26,27)14-5-3-12(4-6-14)16(17,18)19/h3-8,20H,9H2,1-2H3. The van der Waals surface area contributed by atoms with Gasteiger partial charge in [0.25, 0.3) is 10.0 Å². The van der Waals surface area contributed by atoms with Crippen LogP contribution in [0.15, 0.2) is 46.2 Å². The van der Waals surface area contributed by atoms with E-state index in [1.807, 2.05) is 0 Å². The zero-order valence-electron chi connectivity index (χ0n) is 15.0. The Morgan fingerprint density at radius 1 is 1.00 bits per heavy atom. The van der Waals surface area contributed by atoms with Crippen LogP contribution < -0.4 is 4.72 Å². The summed E-state index contributed by atoms with van der Waals surface area (Å²) >= 11 is 0. The van der Waals surface area contributed by atoms with Crippen LogP contribution in [0.25, 0.3) is 0 Å². The normalized spacial score (nSPS) is 12.6. The number of sulfonamides is 1. The van der Waals surface area contributed by atoms with Gasteiger partial charge in [0.15, 0.2) is 0 Å². The highest BCUT2D eigenvalue weighted by atomic mass is 32.2. The number of halogens is 3. The second-order valence-electron chi connectivity index (χ2n) is 6.14. The number of nitrogens with one attached hydrogen (secondary N) is 1. The summed E-state index contributed by atoms with van der Waals surface area (Å²) in [6, 6.07) is 5.17. The predicted octanol–water partition coefficient (Wildman–Crippen LogP) is 3.13. The summed E-state index contributed by atoms with van der Waals surface area (Å²) in [5.74, 6) is -1.31. The number of nitro groups is 1. The van der Waals surface area contributed by atoms with Crippen molar-refractivity contribution in [3.8, 4) is 0 Å². The number of hydrogen-bond acceptors (Lipinski definition) is 6. The maximum absolute atomic E-state index is 12.6. The minimum absolute atomic E-state index is 0.0417. The number of aryl methyl sites for hydroxylation is 2. The molecule has 0 aromatic heterocycles. The van der Waals surface area contributed by atoms with Crippen LogP contribution >= 0.6 is 0 Å². The second-order valence-corrected chi connectivity index (χ2v) is 9.72. The van der Waals surface area contributed by atoms with Crippen molar-refractivity contribution in [3.63, 3.8) is 0 Å². The molecule has 0 radical (unpaired) electrons. The Balaban J connectivity index is 2.38. The summed E-state index contributed by atoms with van der Waals surface area (Å²) < 4.78 is 89.1. The Kier molecular flexibility index (Phi) is 5.95. The molecule has 0 fully saturated rings. The lowest BCUT2D eigenvalue weighted by molar-refractivity contribution is -0.458. The van der Waals surface area contributed by atoms with Gasteiger partial charge in [-0.3, -0.25) is 14.8 Å². The Morgan fingerprint density at radius 2 is 1.48 bits per heavy atom. The quantitative estimate of drug-likeness (QED) is 0.531. The van der Waals surface area contributed by atoms with Gasteiger partial charge in [-0.25, -0.2) is 16.8 Å². The Labute approximate surface area is 164 Å². The zero-order chi connectivity index (χ0) is 22.2. The van der Waals surface area contributed by atoms with Crippen LogP contribution in [0.1, 0.15) is 16.7 Å². The average Bonchev–Trinajstić information content (AvgIpc) is 2.51. The van der Waals surface area contributed by atoms with E-state index >= 15 is 0 Å². The highest BCUT2D eigenvalue weighted by Crippen LogP contribution is 2.31. The zero-order valence-corrected chi connectivity index (χ0v) is 16.7. The molecule has 0 bridgehead atoms. The van der Waals surface area contributed by atoms with E-state index in [2.05, 4.69) is 4.72 Å². The minimum atomic E-state index is -4.62. The Bertz CT molecular complexity index is 1140. The SMILES string of the molecule is Cc1cc(NS(=O)(=O)c2ccc(C(F)(F)F)cc2)cc(C)c1S(=O)(=O)C[N+](=O)[O-]. The lowest BCUT2D eigenvalue weighted by Crippen LogP contribution is -2.18. The monoisotopic (exact) mass is 452 g/mol. The molecule has 29 heavy (non-hydrogen) atoms. The van der Waals surface area contributed by atoms with E-state index in [-0.39, 0.29) is 21.7 Å². The van der Waals surface area contributed by atoms with Crippen molar-refractivity contribution in [1.82, 2.24) is 0 Å². The fourth-order valence-electron chi connectivity index (χ4n) is 2.74. The van der Waals surface area contributed by atoms with Crippen LogP contribution in [0.4, 0.5) is 18.9 Å². The van der Waals surface area contributed by atoms with Gasteiger partial charge in [0.2, 0.25) is 9.84 Å². The first kappa shape index (κ1) is 22.6. The van der Waals surface area contributed by atoms with Crippen molar-refractivity contribution in [2.24, 2.45) is 0 Å². The summed E-state index contributed by atoms with van der Waals surface area (Å²) in [5, 5.41) is 10.6. The largest absolute Gasteiger partial charge is 0.416 e. The fraction of sp³-hybridized carbons (Fsp3) is 0.250. The fourth-order valence-corrected chi connectivity index (χ4v) is 5.29. The van der Waals surface area contributed by atoms with Crippen LogP contribution in [0.2, 0.25) is 0 Å². The molecule has 0 atom stereocenters. The predicted molar refractivity (Wildman–Crippen MR) is 97.2 cm³/mol. The van der Waals surface area contributed by atoms with Crippen molar-refractivity contribution >= 4 is 25.5 Å². The number of sulfone groups is 1. The summed E-state index contributed by atoms with van der Waals surface area (Å²) in [5.41, 5.74) is -0.891. The summed E-state index contributed by atoms with van der Waals surface area (Å²) in [7, 11) is -8.49. The molecule has 0 heterocycles. The highest BCUT2D eigenvalue weighted by Gasteiger charge is 2.31. The maximum atomic E-state index is 12.6. The van der Waals surface area contributed by atoms with E-state index in [1.165, 1.54) is 26.0 Å². The van der Waals surface area contributed by atoms with Crippen molar-refractivity contribution in [3.05, 3.63) is 63.2 Å². The molecule has 0 aliphatic rings. The second kappa shape index (κ2) is 7.63. The summed E-state index contributed by atoms with van der Waals surface area (Å²) in [6.07, 6.45) is -4.62. The molecule has 0 saturated carbocycles. The lowest BCUT2D eigenvalue weighted by Gasteiger charge is -2.14. The molecule has 2 aromatic rings. The van der Waals surface area contributed by atoms with E-state index in [4.69, 9.17) is 0 Å². The van der Waals surface area contributed by atoms with Gasteiger partial charge in [0.05, 0.1) is 15.4 Å². The molecular weight excluding hydrogens is 437 g/mol. The van der Waals surface area contributed by atoms with Gasteiger partial charge in [-0.05, 0) is 61.4 Å². The third-order valence-electron chi connectivity index (χ3n) is 3.79. The Hall–Kier alpha value is -2.67. The first-order valence-corrected chi connectivity index (χ1v) is 10.9. The number of rotatable bonds is 6. The molecule has 1 N–H and O–H groups in total. The van der Waals surface area contributed by atoms with Crippen LogP contribution in [0.3, 0.4) is 0 Å². The van der Waals surface area contributed by atoms with Crippen LogP contribution in [-0.4, -0.2) is 27.6 Å². The summed E-state index contributed by atoms with van der Waals surface area (Å²) in [4.78, 5) is 8.87. The first-order chi connectivity index (χ1) is 13.1. The molecule has 0 aliphatic heterocycles. The number of benzene rings is 2. The topological polar surface area (TPSA) is 123 Å². The molecule has 0 amide bonds. The molecule has 0 unspecified atom stereocenters. The van der Waals surface area contributed by atoms with Gasteiger partial charge in [-0.2, -0.15) is 13.2 Å². The molecular formula is C16H15F3N2O6S2. The minimum Gasteiger partial charge on any atom is -0.280 e. The number of anilines is 1. The van der Waals surface area contributed by atoms with Gasteiger partial charge in [-0.1, -0.05) is 0 Å². The van der Waals surface area contributed by atoms with Crippen LogP contribution in [0, 0.1) is 24.0 Å². The Morgan fingerprint density at radius 3 is 1.90 bits per heavy atom. The molecule has 2 aromatic carbocycles. The number of hydrogen-bond donors (Lipinski definition) is 1. The van der Waals surface area contributed by atoms with Crippen molar-refractivity contribution in [1.29, 1.82) is 0 Å². The molecule has 158 valence electrons. The summed E-state index contributed by atoms with van der Waals surface area (Å²) in [6.45, 7) is 2.69. The van der Waals surface area contributed by atoms with Gasteiger partial charge in [0.1, 0.15) is 0 Å². The van der Waals surface area contributed by atoms with E-state index < -0.39 is 47.3 Å². The van der Waals surface area contributed by atoms with Crippen LogP contribution in [-0.2, 0) is 26.0 Å². The maximum Gasteiger partial charge on any atom is 0.416 e. The van der Waals surface area contributed by atoms with Gasteiger partial charge in [-0.15, -0.1) is 0 Å². The first-order valence-electron chi connectivity index (χ1n) is 7.79. The molecule has 13 heteroatoms.